The molecule has 0 fully saturated rings. The van der Waals surface area contributed by atoms with E-state index in [-0.39, 0.29) is 6.61 Å². The minimum absolute atomic E-state index is 0. The second kappa shape index (κ2) is 7.73. The Bertz CT molecular complexity index is 242. The molecule has 0 aliphatic carbocycles. The van der Waals surface area contributed by atoms with Gasteiger partial charge in [0.25, 0.3) is 0 Å². The Hall–Kier alpha value is -0.900. The third kappa shape index (κ3) is 7.46. The smallest absolute Gasteiger partial charge is 0.431 e. The zero-order valence-corrected chi connectivity index (χ0v) is 8.21. The minimum Gasteiger partial charge on any atom is -0.855 e. The van der Waals surface area contributed by atoms with Crippen molar-refractivity contribution in [2.75, 3.05) is 6.61 Å². The van der Waals surface area contributed by atoms with Gasteiger partial charge in [-0.1, -0.05) is 13.0 Å². The van der Waals surface area contributed by atoms with Crippen molar-refractivity contribution in [3.05, 3.63) is 30.6 Å². The van der Waals surface area contributed by atoms with E-state index in [4.69, 9.17) is 10.00 Å². The highest BCUT2D eigenvalue weighted by Crippen LogP contribution is 2.03. The Labute approximate surface area is 77.1 Å². The van der Waals surface area contributed by atoms with Crippen molar-refractivity contribution >= 4 is 8.25 Å². The fourth-order valence-electron chi connectivity index (χ4n) is 0.534. The van der Waals surface area contributed by atoms with Crippen LogP contribution in [0.4, 0.5) is 0 Å². The Balaban J connectivity index is 0.000000424. The van der Waals surface area contributed by atoms with Crippen LogP contribution in [0.1, 0.15) is 6.92 Å². The summed E-state index contributed by atoms with van der Waals surface area (Å²) in [5.41, 5.74) is 0. The van der Waals surface area contributed by atoms with Gasteiger partial charge in [0.1, 0.15) is 0 Å². The first-order chi connectivity index (χ1) is 6.20. The Kier molecular flexibility index (Phi) is 7.20. The lowest BCUT2D eigenvalue weighted by molar-refractivity contribution is -0.858. The van der Waals surface area contributed by atoms with Gasteiger partial charge in [0.15, 0.2) is 0 Å². The molecule has 0 radical (unpaired) electrons. The molecule has 0 saturated heterocycles. The maximum atomic E-state index is 10.1. The predicted molar refractivity (Wildman–Crippen MR) is 45.0 cm³/mol. The Morgan fingerprint density at radius 1 is 1.46 bits per heavy atom. The van der Waals surface area contributed by atoms with E-state index in [9.17, 15) is 4.57 Å². The highest BCUT2D eigenvalue weighted by molar-refractivity contribution is 7.32. The van der Waals surface area contributed by atoms with Crippen LogP contribution in [0.5, 0.6) is 0 Å². The van der Waals surface area contributed by atoms with Crippen LogP contribution in [0, 0.1) is 0 Å². The third-order valence-corrected chi connectivity index (χ3v) is 1.24. The number of pyridine rings is 1. The van der Waals surface area contributed by atoms with Crippen molar-refractivity contribution in [2.45, 2.75) is 6.92 Å². The molecule has 1 unspecified atom stereocenters. The molecule has 0 bridgehead atoms. The average Bonchev–Trinajstić information content (AvgIpc) is 2.06. The molecular formula is C7H12NO4P. The van der Waals surface area contributed by atoms with Crippen LogP contribution in [0.2, 0.25) is 0 Å². The van der Waals surface area contributed by atoms with Gasteiger partial charge in [-0.3, -0.25) is 0 Å². The second-order valence-corrected chi connectivity index (χ2v) is 2.60. The fourth-order valence-corrected chi connectivity index (χ4v) is 0.836. The molecule has 1 N–H and O–H groups in total. The largest absolute Gasteiger partial charge is 0.855 e. The SMILES string of the molecule is CC[O-].O=[PH](O)O[n+]1ccccc1. The molecule has 0 aromatic carbocycles. The second-order valence-electron chi connectivity index (χ2n) is 1.88. The number of hydrogen-bond acceptors (Lipinski definition) is 3. The maximum absolute atomic E-state index is 10.1. The zero-order chi connectivity index (χ0) is 10.1. The maximum Gasteiger partial charge on any atom is 0.431 e. The Morgan fingerprint density at radius 3 is 2.31 bits per heavy atom. The molecule has 13 heavy (non-hydrogen) atoms. The van der Waals surface area contributed by atoms with Crippen molar-refractivity contribution in [1.29, 1.82) is 0 Å². The average molecular weight is 205 g/mol. The zero-order valence-electron chi connectivity index (χ0n) is 7.21. The van der Waals surface area contributed by atoms with Crippen LogP contribution in [0.15, 0.2) is 30.6 Å². The summed E-state index contributed by atoms with van der Waals surface area (Å²) in [4.78, 5) is 8.31. The van der Waals surface area contributed by atoms with Gasteiger partial charge in [-0.25, -0.2) is 4.57 Å². The van der Waals surface area contributed by atoms with Gasteiger partial charge >= 0.3 is 8.25 Å². The lowest BCUT2D eigenvalue weighted by atomic mass is 10.5. The van der Waals surface area contributed by atoms with Crippen molar-refractivity contribution < 1.29 is 23.9 Å². The fraction of sp³-hybridized carbons (Fsp3) is 0.286. The van der Waals surface area contributed by atoms with Crippen LogP contribution < -0.4 is 14.5 Å². The molecule has 1 heterocycles. The molecule has 0 aliphatic rings. The first-order valence-corrected chi connectivity index (χ1v) is 4.92. The van der Waals surface area contributed by atoms with Gasteiger partial charge in [-0.05, 0) is 0 Å². The molecule has 1 aromatic heterocycles. The van der Waals surface area contributed by atoms with E-state index in [0.29, 0.717) is 0 Å². The summed E-state index contributed by atoms with van der Waals surface area (Å²) >= 11 is 0. The van der Waals surface area contributed by atoms with E-state index in [1.807, 2.05) is 0 Å². The topological polar surface area (TPSA) is 73.5 Å². The summed E-state index contributed by atoms with van der Waals surface area (Å²) < 4.78 is 15.7. The molecule has 74 valence electrons. The minimum atomic E-state index is -2.87. The molecule has 5 nitrogen and oxygen atoms in total. The summed E-state index contributed by atoms with van der Waals surface area (Å²) in [7, 11) is -2.87. The van der Waals surface area contributed by atoms with Crippen molar-refractivity contribution in [3.8, 4) is 0 Å². The van der Waals surface area contributed by atoms with E-state index in [1.165, 1.54) is 4.73 Å². The summed E-state index contributed by atoms with van der Waals surface area (Å²) in [6.45, 7) is 1.57. The van der Waals surface area contributed by atoms with Gasteiger partial charge in [0, 0.05) is 16.9 Å². The van der Waals surface area contributed by atoms with Gasteiger partial charge in [-0.2, -0.15) is 4.62 Å². The lowest BCUT2D eigenvalue weighted by Crippen LogP contribution is -2.37. The number of nitrogens with zero attached hydrogens (tertiary/aromatic N) is 1. The Morgan fingerprint density at radius 2 is 1.92 bits per heavy atom. The summed E-state index contributed by atoms with van der Waals surface area (Å²) in [5, 5.41) is 8.93. The molecule has 1 rings (SSSR count). The molecule has 0 aliphatic heterocycles. The highest BCUT2D eigenvalue weighted by Gasteiger charge is 2.00. The van der Waals surface area contributed by atoms with Crippen molar-refractivity contribution in [2.24, 2.45) is 0 Å². The van der Waals surface area contributed by atoms with Crippen LogP contribution in [-0.2, 0) is 4.57 Å². The molecule has 1 atom stereocenters. The molecule has 0 spiro atoms. The summed E-state index contributed by atoms with van der Waals surface area (Å²) in [6, 6.07) is 5.18. The molecular weight excluding hydrogens is 193 g/mol. The normalized spacial score (nSPS) is 11.0. The van der Waals surface area contributed by atoms with E-state index in [2.05, 4.69) is 4.62 Å². The first-order valence-electron chi connectivity index (χ1n) is 3.66. The number of aromatic nitrogens is 1. The van der Waals surface area contributed by atoms with Crippen molar-refractivity contribution in [1.82, 2.24) is 0 Å². The quantitative estimate of drug-likeness (QED) is 0.504. The summed E-state index contributed by atoms with van der Waals surface area (Å²) in [5.74, 6) is 0. The molecule has 6 heteroatoms. The van der Waals surface area contributed by atoms with Crippen LogP contribution in [0.25, 0.3) is 0 Å². The third-order valence-electron chi connectivity index (χ3n) is 0.872. The van der Waals surface area contributed by atoms with Gasteiger partial charge in [0.05, 0.1) is 0 Å². The molecule has 0 amide bonds. The number of hydrogen-bond donors (Lipinski definition) is 1. The van der Waals surface area contributed by atoms with E-state index >= 15 is 0 Å². The van der Waals surface area contributed by atoms with E-state index in [1.54, 1.807) is 37.5 Å². The van der Waals surface area contributed by atoms with Crippen LogP contribution >= 0.6 is 8.25 Å². The van der Waals surface area contributed by atoms with Gasteiger partial charge in [0.2, 0.25) is 12.4 Å². The van der Waals surface area contributed by atoms with Gasteiger partial charge in [-0.15, -0.1) is 6.61 Å². The predicted octanol–water partition coefficient (Wildman–Crippen LogP) is -0.849. The van der Waals surface area contributed by atoms with Gasteiger partial charge < -0.3 is 10.00 Å². The van der Waals surface area contributed by atoms with Crippen LogP contribution in [0.3, 0.4) is 0 Å². The molecule has 1 aromatic rings. The van der Waals surface area contributed by atoms with E-state index in [0.717, 1.165) is 0 Å². The molecule has 0 saturated carbocycles. The summed E-state index contributed by atoms with van der Waals surface area (Å²) in [6.07, 6.45) is 3.08. The van der Waals surface area contributed by atoms with Crippen LogP contribution in [-0.4, -0.2) is 11.5 Å². The highest BCUT2D eigenvalue weighted by atomic mass is 31.1. The number of rotatable bonds is 2. The lowest BCUT2D eigenvalue weighted by Gasteiger charge is -1.89. The van der Waals surface area contributed by atoms with Crippen molar-refractivity contribution in [3.63, 3.8) is 0 Å². The monoisotopic (exact) mass is 205 g/mol. The first kappa shape index (κ1) is 12.1. The van der Waals surface area contributed by atoms with E-state index < -0.39 is 8.25 Å². The standard InChI is InChI=1S/C5H6NO3P.C2H5O/c7-10(8)9-6-4-2-1-3-5-6;1-2-3/h1-5,10H;2H2,1H3/q;-1/p+1.